The Hall–Kier alpha value is -0.860. The molecule has 2 aliphatic heterocycles. The number of rotatable bonds is 2. The summed E-state index contributed by atoms with van der Waals surface area (Å²) in [4.78, 5) is 0. The van der Waals surface area contributed by atoms with Gasteiger partial charge in [0.15, 0.2) is 5.79 Å². The Balaban J connectivity index is 2.16. The summed E-state index contributed by atoms with van der Waals surface area (Å²) in [5, 5.41) is 0. The van der Waals surface area contributed by atoms with Crippen LogP contribution in [0.2, 0.25) is 0 Å². The molecule has 2 fully saturated rings. The quantitative estimate of drug-likeness (QED) is 0.677. The highest BCUT2D eigenvalue weighted by atomic mass is 16.7. The van der Waals surface area contributed by atoms with Crippen molar-refractivity contribution in [2.24, 2.45) is 0 Å². The molecule has 0 radical (unpaired) electrons. The van der Waals surface area contributed by atoms with E-state index in [0.717, 1.165) is 24.8 Å². The Morgan fingerprint density at radius 3 is 2.65 bits per heavy atom. The summed E-state index contributed by atoms with van der Waals surface area (Å²) in [7, 11) is 0. The normalized spacial score (nSPS) is 40.9. The zero-order valence-corrected chi connectivity index (χ0v) is 11.1. The second kappa shape index (κ2) is 4.11. The molecule has 94 valence electrons. The summed E-state index contributed by atoms with van der Waals surface area (Å²) in [5.74, 6) is -0.570. The molecule has 0 aromatic heterocycles. The average Bonchev–Trinajstić information content (AvgIpc) is 2.70. The Kier molecular flexibility index (Phi) is 3.04. The molecule has 0 aliphatic carbocycles. The highest BCUT2D eigenvalue weighted by Crippen LogP contribution is 2.49. The van der Waals surface area contributed by atoms with Crippen molar-refractivity contribution < 1.29 is 9.47 Å². The predicted molar refractivity (Wildman–Crippen MR) is 69.7 cm³/mol. The van der Waals surface area contributed by atoms with Crippen molar-refractivity contribution in [3.05, 3.63) is 36.5 Å². The van der Waals surface area contributed by atoms with Crippen molar-refractivity contribution in [2.75, 3.05) is 0 Å². The van der Waals surface area contributed by atoms with Crippen molar-refractivity contribution in [3.63, 3.8) is 0 Å². The van der Waals surface area contributed by atoms with Crippen LogP contribution in [0.4, 0.5) is 0 Å². The lowest BCUT2D eigenvalue weighted by atomic mass is 9.99. The zero-order chi connectivity index (χ0) is 12.7. The summed E-state index contributed by atoms with van der Waals surface area (Å²) in [6, 6.07) is 0. The maximum atomic E-state index is 6.10. The van der Waals surface area contributed by atoms with Crippen molar-refractivity contribution >= 4 is 0 Å². The van der Waals surface area contributed by atoms with Gasteiger partial charge in [-0.15, -0.1) is 6.58 Å². The zero-order valence-electron chi connectivity index (χ0n) is 11.1. The number of allylic oxidation sites excluding steroid dienone is 1. The van der Waals surface area contributed by atoms with Crippen LogP contribution >= 0.6 is 0 Å². The third-order valence-electron chi connectivity index (χ3n) is 3.63. The molecule has 0 saturated carbocycles. The molecule has 2 nitrogen and oxygen atoms in total. The highest BCUT2D eigenvalue weighted by Gasteiger charge is 2.52. The second-order valence-electron chi connectivity index (χ2n) is 5.58. The van der Waals surface area contributed by atoms with Crippen LogP contribution < -0.4 is 0 Å². The first-order chi connectivity index (χ1) is 7.89. The molecular formula is C15H22O2. The van der Waals surface area contributed by atoms with Crippen molar-refractivity contribution in [2.45, 2.75) is 57.5 Å². The summed E-state index contributed by atoms with van der Waals surface area (Å²) in [6.07, 6.45) is 6.80. The molecule has 0 bridgehead atoms. The van der Waals surface area contributed by atoms with Gasteiger partial charge in [-0.2, -0.15) is 0 Å². The molecular weight excluding hydrogens is 212 g/mol. The highest BCUT2D eigenvalue weighted by molar-refractivity contribution is 5.23. The Labute approximate surface area is 104 Å². The van der Waals surface area contributed by atoms with Gasteiger partial charge in [-0.05, 0) is 32.8 Å². The van der Waals surface area contributed by atoms with Crippen molar-refractivity contribution in [1.82, 2.24) is 0 Å². The van der Waals surface area contributed by atoms with E-state index in [4.69, 9.17) is 9.47 Å². The van der Waals surface area contributed by atoms with E-state index in [0.29, 0.717) is 0 Å². The van der Waals surface area contributed by atoms with Gasteiger partial charge in [0, 0.05) is 12.8 Å². The van der Waals surface area contributed by atoms with Crippen LogP contribution in [-0.2, 0) is 9.47 Å². The standard InChI is InChI=1S/C15H22O2/c1-6-14(5)7-8-15(17-14)12(4)10-13(16-15)9-11(2)3/h6,9,13H,1,4,7-8,10H2,2-3,5H3/t13-,14+,15+/m1/s1. The fourth-order valence-electron chi connectivity index (χ4n) is 2.60. The lowest BCUT2D eigenvalue weighted by molar-refractivity contribution is -0.204. The molecule has 2 rings (SSSR count). The average molecular weight is 234 g/mol. The molecule has 0 N–H and O–H groups in total. The van der Waals surface area contributed by atoms with Gasteiger partial charge < -0.3 is 9.47 Å². The minimum atomic E-state index is -0.570. The fourth-order valence-corrected chi connectivity index (χ4v) is 2.60. The van der Waals surface area contributed by atoms with Crippen molar-refractivity contribution in [1.29, 1.82) is 0 Å². The van der Waals surface area contributed by atoms with E-state index in [2.05, 4.69) is 40.0 Å². The van der Waals surface area contributed by atoms with E-state index >= 15 is 0 Å². The maximum Gasteiger partial charge on any atom is 0.192 e. The van der Waals surface area contributed by atoms with Gasteiger partial charge in [0.2, 0.25) is 0 Å². The third kappa shape index (κ3) is 2.24. The van der Waals surface area contributed by atoms with Crippen LogP contribution in [0.15, 0.2) is 36.5 Å². The van der Waals surface area contributed by atoms with Crippen molar-refractivity contribution in [3.8, 4) is 0 Å². The Morgan fingerprint density at radius 2 is 2.12 bits per heavy atom. The Morgan fingerprint density at radius 1 is 1.41 bits per heavy atom. The number of hydrogen-bond donors (Lipinski definition) is 0. The van der Waals surface area contributed by atoms with E-state index in [1.54, 1.807) is 0 Å². The van der Waals surface area contributed by atoms with Gasteiger partial charge in [-0.3, -0.25) is 0 Å². The van der Waals surface area contributed by atoms with Gasteiger partial charge in [0.05, 0.1) is 11.7 Å². The molecule has 17 heavy (non-hydrogen) atoms. The van der Waals surface area contributed by atoms with Gasteiger partial charge in [0.1, 0.15) is 0 Å². The molecule has 0 aromatic rings. The minimum absolute atomic E-state index is 0.111. The third-order valence-corrected chi connectivity index (χ3v) is 3.63. The van der Waals surface area contributed by atoms with E-state index in [1.807, 2.05) is 6.08 Å². The van der Waals surface area contributed by atoms with Crippen LogP contribution in [0.5, 0.6) is 0 Å². The molecule has 0 unspecified atom stereocenters. The van der Waals surface area contributed by atoms with Crippen LogP contribution in [0.3, 0.4) is 0 Å². The molecule has 0 amide bonds. The lowest BCUT2D eigenvalue weighted by Gasteiger charge is -2.28. The smallest absolute Gasteiger partial charge is 0.192 e. The minimum Gasteiger partial charge on any atom is -0.338 e. The summed E-state index contributed by atoms with van der Waals surface area (Å²) >= 11 is 0. The summed E-state index contributed by atoms with van der Waals surface area (Å²) in [5.41, 5.74) is 2.05. The topological polar surface area (TPSA) is 18.5 Å². The maximum absolute atomic E-state index is 6.10. The largest absolute Gasteiger partial charge is 0.338 e. The molecule has 2 heterocycles. The summed E-state index contributed by atoms with van der Waals surface area (Å²) in [6.45, 7) is 14.2. The molecule has 2 heteroatoms. The fraction of sp³-hybridized carbons (Fsp3) is 0.600. The lowest BCUT2D eigenvalue weighted by Crippen LogP contribution is -2.33. The van der Waals surface area contributed by atoms with Crippen LogP contribution in [0.25, 0.3) is 0 Å². The van der Waals surface area contributed by atoms with E-state index in [1.165, 1.54) is 5.57 Å². The van der Waals surface area contributed by atoms with Crippen LogP contribution in [-0.4, -0.2) is 17.5 Å². The monoisotopic (exact) mass is 234 g/mol. The molecule has 0 aromatic carbocycles. The predicted octanol–water partition coefficient (Wildman–Crippen LogP) is 3.75. The second-order valence-corrected chi connectivity index (χ2v) is 5.58. The van der Waals surface area contributed by atoms with Gasteiger partial charge in [0.25, 0.3) is 0 Å². The number of ether oxygens (including phenoxy) is 2. The number of hydrogen-bond acceptors (Lipinski definition) is 2. The van der Waals surface area contributed by atoms with Gasteiger partial charge in [-0.25, -0.2) is 0 Å². The first-order valence-corrected chi connectivity index (χ1v) is 6.24. The molecule has 3 atom stereocenters. The summed E-state index contributed by atoms with van der Waals surface area (Å²) < 4.78 is 12.2. The first kappa shape index (κ1) is 12.6. The molecule has 2 saturated heterocycles. The molecule has 2 aliphatic rings. The SMILES string of the molecule is C=C[C@@]1(C)CC[C@]2(O[C@H](C=C(C)C)CC2=C)O1. The van der Waals surface area contributed by atoms with E-state index in [9.17, 15) is 0 Å². The van der Waals surface area contributed by atoms with E-state index in [-0.39, 0.29) is 11.7 Å². The van der Waals surface area contributed by atoms with Crippen LogP contribution in [0.1, 0.15) is 40.0 Å². The van der Waals surface area contributed by atoms with Gasteiger partial charge >= 0.3 is 0 Å². The first-order valence-electron chi connectivity index (χ1n) is 6.24. The Bertz CT molecular complexity index is 378. The van der Waals surface area contributed by atoms with Crippen LogP contribution in [0, 0.1) is 0 Å². The van der Waals surface area contributed by atoms with E-state index < -0.39 is 5.79 Å². The molecule has 1 spiro atoms. The van der Waals surface area contributed by atoms with Gasteiger partial charge in [-0.1, -0.05) is 24.3 Å².